The van der Waals surface area contributed by atoms with Gasteiger partial charge in [-0.2, -0.15) is 0 Å². The van der Waals surface area contributed by atoms with Crippen molar-refractivity contribution in [2.75, 3.05) is 7.11 Å². The number of amidine groups is 1. The molecule has 124 valence electrons. The molecule has 1 aromatic rings. The van der Waals surface area contributed by atoms with Gasteiger partial charge >= 0.3 is 5.97 Å². The van der Waals surface area contributed by atoms with Gasteiger partial charge in [-0.25, -0.2) is 9.79 Å². The molecule has 7 nitrogen and oxygen atoms in total. The van der Waals surface area contributed by atoms with E-state index in [0.717, 1.165) is 0 Å². The predicted octanol–water partition coefficient (Wildman–Crippen LogP) is 1.61. The summed E-state index contributed by atoms with van der Waals surface area (Å²) in [5, 5.41) is 12.1. The van der Waals surface area contributed by atoms with Gasteiger partial charge in [-0.15, -0.1) is 0 Å². The molecule has 0 aromatic carbocycles. The molecule has 1 aromatic heterocycles. The molecule has 0 fully saturated rings. The molecule has 7 heteroatoms. The molecular weight excluding hydrogens is 298 g/mol. The second kappa shape index (κ2) is 6.45. The summed E-state index contributed by atoms with van der Waals surface area (Å²) < 4.78 is 4.99. The number of carbonyl (C=O) groups excluding carboxylic acids is 1. The quantitative estimate of drug-likeness (QED) is 0.829. The third-order valence-corrected chi connectivity index (χ3v) is 4.14. The Hall–Kier alpha value is -2.28. The van der Waals surface area contributed by atoms with E-state index in [9.17, 15) is 14.7 Å². The van der Waals surface area contributed by atoms with Gasteiger partial charge in [-0.05, 0) is 24.0 Å². The Morgan fingerprint density at radius 1 is 1.48 bits per heavy atom. The summed E-state index contributed by atoms with van der Waals surface area (Å²) in [7, 11) is 1.52. The minimum atomic E-state index is -1.12. The average molecular weight is 319 g/mol. The van der Waals surface area contributed by atoms with Gasteiger partial charge in [0, 0.05) is 13.3 Å². The van der Waals surface area contributed by atoms with Crippen molar-refractivity contribution in [3.63, 3.8) is 0 Å². The Labute approximate surface area is 134 Å². The lowest BCUT2D eigenvalue weighted by Gasteiger charge is -2.25. The van der Waals surface area contributed by atoms with E-state index in [4.69, 9.17) is 4.74 Å². The molecule has 0 radical (unpaired) electrons. The molecule has 1 atom stereocenters. The Kier molecular flexibility index (Phi) is 4.79. The number of hydrogen-bond acceptors (Lipinski definition) is 5. The molecule has 0 aliphatic carbocycles. The maximum Gasteiger partial charge on any atom is 0.338 e. The van der Waals surface area contributed by atoms with E-state index in [1.165, 1.54) is 19.4 Å². The molecule has 1 amide bonds. The second-order valence-corrected chi connectivity index (χ2v) is 5.82. The third kappa shape index (κ3) is 2.96. The molecule has 0 saturated heterocycles. The molecule has 23 heavy (non-hydrogen) atoms. The van der Waals surface area contributed by atoms with Crippen LogP contribution < -0.4 is 5.32 Å². The molecule has 1 aliphatic heterocycles. The Morgan fingerprint density at radius 3 is 2.65 bits per heavy atom. The van der Waals surface area contributed by atoms with Crippen molar-refractivity contribution in [3.05, 3.63) is 29.1 Å². The first-order chi connectivity index (χ1) is 10.9. The average Bonchev–Trinajstić information content (AvgIpc) is 2.85. The molecule has 1 unspecified atom stereocenters. The highest BCUT2D eigenvalue weighted by atomic mass is 16.5. The summed E-state index contributed by atoms with van der Waals surface area (Å²) in [5.74, 6) is -1.14. The van der Waals surface area contributed by atoms with Crippen LogP contribution in [0.2, 0.25) is 0 Å². The number of carboxylic acid groups (broad SMARTS) is 1. The Bertz CT molecular complexity index is 669. The topological polar surface area (TPSA) is 101 Å². The molecule has 0 spiro atoms. The smallest absolute Gasteiger partial charge is 0.338 e. The van der Waals surface area contributed by atoms with Crippen LogP contribution in [-0.2, 0) is 16.1 Å². The zero-order valence-electron chi connectivity index (χ0n) is 13.7. The summed E-state index contributed by atoms with van der Waals surface area (Å²) in [6, 6.07) is 1.49. The molecular formula is C16H21N3O4. The minimum absolute atomic E-state index is 0.00532. The predicted molar refractivity (Wildman–Crippen MR) is 84.4 cm³/mol. The van der Waals surface area contributed by atoms with E-state index in [0.29, 0.717) is 12.0 Å². The van der Waals surface area contributed by atoms with Crippen molar-refractivity contribution in [1.82, 2.24) is 10.3 Å². The summed E-state index contributed by atoms with van der Waals surface area (Å²) in [6.45, 7) is 5.99. The first-order valence-corrected chi connectivity index (χ1v) is 7.48. The molecule has 0 bridgehead atoms. The third-order valence-electron chi connectivity index (χ3n) is 4.14. The molecule has 2 rings (SSSR count). The van der Waals surface area contributed by atoms with E-state index in [1.807, 2.05) is 20.8 Å². The summed E-state index contributed by atoms with van der Waals surface area (Å²) in [6.07, 6.45) is 2.06. The Morgan fingerprint density at radius 2 is 2.17 bits per heavy atom. The lowest BCUT2D eigenvalue weighted by atomic mass is 9.84. The number of aromatic nitrogens is 1. The highest BCUT2D eigenvalue weighted by molar-refractivity contribution is 6.17. The van der Waals surface area contributed by atoms with Crippen LogP contribution in [0, 0.1) is 5.92 Å². The van der Waals surface area contributed by atoms with E-state index in [1.54, 1.807) is 0 Å². The van der Waals surface area contributed by atoms with Crippen LogP contribution in [0.4, 0.5) is 0 Å². The van der Waals surface area contributed by atoms with Crippen molar-refractivity contribution in [1.29, 1.82) is 0 Å². The number of rotatable bonds is 6. The van der Waals surface area contributed by atoms with Crippen molar-refractivity contribution in [3.8, 4) is 0 Å². The molecule has 2 heterocycles. The second-order valence-electron chi connectivity index (χ2n) is 5.82. The van der Waals surface area contributed by atoms with Gasteiger partial charge in [-0.1, -0.05) is 20.8 Å². The van der Waals surface area contributed by atoms with Crippen LogP contribution in [0.3, 0.4) is 0 Å². The van der Waals surface area contributed by atoms with Crippen molar-refractivity contribution in [2.24, 2.45) is 10.9 Å². The van der Waals surface area contributed by atoms with Gasteiger partial charge < -0.3 is 15.2 Å². The maximum atomic E-state index is 12.4. The fourth-order valence-electron chi connectivity index (χ4n) is 2.75. The van der Waals surface area contributed by atoms with E-state index in [2.05, 4.69) is 15.3 Å². The first-order valence-electron chi connectivity index (χ1n) is 7.48. The fraction of sp³-hybridized carbons (Fsp3) is 0.500. The number of aliphatic imine (C=N–C) groups is 1. The maximum absolute atomic E-state index is 12.4. The standard InChI is InChI=1S/C16H21N3O4/c1-5-16(9(2)3)15(22)18-13(19-16)12-11(14(20)21)6-10(7-17-12)8-23-4/h6-7,9H,5,8H2,1-4H3,(H,20,21)(H,18,19,22). The number of nitrogens with one attached hydrogen (secondary N) is 1. The number of ether oxygens (including phenoxy) is 1. The first kappa shape index (κ1) is 17.1. The van der Waals surface area contributed by atoms with Crippen molar-refractivity contribution in [2.45, 2.75) is 39.3 Å². The summed E-state index contributed by atoms with van der Waals surface area (Å²) >= 11 is 0. The molecule has 0 saturated carbocycles. The number of carbonyl (C=O) groups is 2. The van der Waals surface area contributed by atoms with E-state index in [-0.39, 0.29) is 35.5 Å². The highest BCUT2D eigenvalue weighted by Gasteiger charge is 2.45. The zero-order valence-corrected chi connectivity index (χ0v) is 13.7. The number of nitrogens with zero attached hydrogens (tertiary/aromatic N) is 2. The fourth-order valence-corrected chi connectivity index (χ4v) is 2.75. The monoisotopic (exact) mass is 319 g/mol. The minimum Gasteiger partial charge on any atom is -0.478 e. The van der Waals surface area contributed by atoms with Crippen molar-refractivity contribution >= 4 is 17.7 Å². The zero-order chi connectivity index (χ0) is 17.2. The van der Waals surface area contributed by atoms with Gasteiger partial charge in [0.15, 0.2) is 5.84 Å². The lowest BCUT2D eigenvalue weighted by Crippen LogP contribution is -2.43. The van der Waals surface area contributed by atoms with Crippen molar-refractivity contribution < 1.29 is 19.4 Å². The van der Waals surface area contributed by atoms with Gasteiger partial charge in [-0.3, -0.25) is 9.78 Å². The van der Waals surface area contributed by atoms with Gasteiger partial charge in [0.1, 0.15) is 11.2 Å². The van der Waals surface area contributed by atoms with Crippen LogP contribution in [0.1, 0.15) is 48.8 Å². The van der Waals surface area contributed by atoms with Crippen LogP contribution in [0.25, 0.3) is 0 Å². The number of pyridine rings is 1. The summed E-state index contributed by atoms with van der Waals surface area (Å²) in [4.78, 5) is 32.6. The lowest BCUT2D eigenvalue weighted by molar-refractivity contribution is -0.125. The van der Waals surface area contributed by atoms with Crippen LogP contribution >= 0.6 is 0 Å². The van der Waals surface area contributed by atoms with Gasteiger partial charge in [0.05, 0.1) is 12.2 Å². The largest absolute Gasteiger partial charge is 0.478 e. The number of methoxy groups -OCH3 is 1. The van der Waals surface area contributed by atoms with Gasteiger partial charge in [0.2, 0.25) is 0 Å². The van der Waals surface area contributed by atoms with Crippen LogP contribution in [-0.4, -0.2) is 40.5 Å². The van der Waals surface area contributed by atoms with Crippen LogP contribution in [0.15, 0.2) is 17.3 Å². The number of hydrogen-bond donors (Lipinski definition) is 2. The van der Waals surface area contributed by atoms with E-state index < -0.39 is 11.5 Å². The number of carboxylic acids is 1. The molecule has 1 aliphatic rings. The highest BCUT2D eigenvalue weighted by Crippen LogP contribution is 2.31. The number of aromatic carboxylic acids is 1. The van der Waals surface area contributed by atoms with E-state index >= 15 is 0 Å². The molecule has 2 N–H and O–H groups in total. The van der Waals surface area contributed by atoms with Gasteiger partial charge in [0.25, 0.3) is 5.91 Å². The summed E-state index contributed by atoms with van der Waals surface area (Å²) in [5.41, 5.74) is -0.0713. The Balaban J connectivity index is 2.52. The van der Waals surface area contributed by atoms with Crippen LogP contribution in [0.5, 0.6) is 0 Å². The normalized spacial score (nSPS) is 20.6. The number of amides is 1. The SMILES string of the molecule is CCC1(C(C)C)N=C(c2ncc(COC)cc2C(=O)O)NC1=O.